The van der Waals surface area contributed by atoms with Crippen LogP contribution in [-0.4, -0.2) is 9.78 Å². The first-order chi connectivity index (χ1) is 10.1. The van der Waals surface area contributed by atoms with E-state index in [0.717, 1.165) is 10.0 Å². The predicted octanol–water partition coefficient (Wildman–Crippen LogP) is 2.08. The van der Waals surface area contributed by atoms with Crippen LogP contribution in [0.25, 0.3) is 10.8 Å². The molecule has 0 aliphatic heterocycles. The van der Waals surface area contributed by atoms with Crippen molar-refractivity contribution in [3.63, 3.8) is 0 Å². The highest BCUT2D eigenvalue weighted by molar-refractivity contribution is 9.10. The summed E-state index contributed by atoms with van der Waals surface area (Å²) in [7, 11) is 0. The fraction of sp³-hybridized carbons (Fsp3) is 0.0667. The quantitative estimate of drug-likeness (QED) is 0.697. The highest BCUT2D eigenvalue weighted by Crippen LogP contribution is 2.20. The molecule has 0 amide bonds. The lowest BCUT2D eigenvalue weighted by atomic mass is 10.2. The predicted molar refractivity (Wildman–Crippen MR) is 86.5 cm³/mol. The van der Waals surface area contributed by atoms with Crippen LogP contribution in [0.4, 0.5) is 5.69 Å². The Kier molecular flexibility index (Phi) is 3.39. The Morgan fingerprint density at radius 1 is 1.10 bits per heavy atom. The number of hydrogen-bond acceptors (Lipinski definition) is 3. The number of halogens is 1. The van der Waals surface area contributed by atoms with Crippen molar-refractivity contribution in [3.05, 3.63) is 73.2 Å². The summed E-state index contributed by atoms with van der Waals surface area (Å²) >= 11 is 3.32. The second-order valence-corrected chi connectivity index (χ2v) is 5.59. The lowest BCUT2D eigenvalue weighted by molar-refractivity contribution is 0.637. The van der Waals surface area contributed by atoms with Gasteiger partial charge in [-0.15, -0.1) is 0 Å². The van der Waals surface area contributed by atoms with Crippen LogP contribution >= 0.6 is 15.9 Å². The minimum absolute atomic E-state index is 0.230. The van der Waals surface area contributed by atoms with Gasteiger partial charge in [0.25, 0.3) is 11.1 Å². The van der Waals surface area contributed by atoms with E-state index in [4.69, 9.17) is 5.73 Å². The number of aromatic nitrogens is 2. The lowest BCUT2D eigenvalue weighted by Crippen LogP contribution is -2.30. The maximum atomic E-state index is 12.4. The summed E-state index contributed by atoms with van der Waals surface area (Å²) in [4.78, 5) is 24.4. The molecule has 0 aliphatic rings. The number of fused-ring (bicyclic) bond motifs is 1. The molecule has 0 saturated carbocycles. The summed E-state index contributed by atoms with van der Waals surface area (Å²) < 4.78 is 2.10. The fourth-order valence-electron chi connectivity index (χ4n) is 2.23. The second kappa shape index (κ2) is 5.21. The lowest BCUT2D eigenvalue weighted by Gasteiger charge is -2.08. The number of nitrogens with one attached hydrogen (secondary N) is 1. The van der Waals surface area contributed by atoms with E-state index < -0.39 is 0 Å². The molecular weight excluding hydrogens is 334 g/mol. The Morgan fingerprint density at radius 3 is 2.52 bits per heavy atom. The normalized spacial score (nSPS) is 10.9. The second-order valence-electron chi connectivity index (χ2n) is 4.73. The SMILES string of the molecule is Nc1cc(Cn2[nH]c(=O)c3ccccc3c2=O)ccc1Br. The van der Waals surface area contributed by atoms with E-state index in [0.29, 0.717) is 16.5 Å². The van der Waals surface area contributed by atoms with Crippen LogP contribution in [0.2, 0.25) is 0 Å². The van der Waals surface area contributed by atoms with Crippen LogP contribution in [0, 0.1) is 0 Å². The highest BCUT2D eigenvalue weighted by Gasteiger charge is 2.07. The number of hydrogen-bond donors (Lipinski definition) is 2. The zero-order valence-electron chi connectivity index (χ0n) is 11.0. The van der Waals surface area contributed by atoms with Gasteiger partial charge in [-0.1, -0.05) is 18.2 Å². The molecule has 3 aromatic rings. The van der Waals surface area contributed by atoms with Crippen molar-refractivity contribution < 1.29 is 0 Å². The van der Waals surface area contributed by atoms with Crippen LogP contribution in [-0.2, 0) is 6.54 Å². The van der Waals surface area contributed by atoms with Gasteiger partial charge in [0.05, 0.1) is 17.3 Å². The molecule has 0 saturated heterocycles. The number of rotatable bonds is 2. The number of aromatic amines is 1. The molecule has 0 spiro atoms. The Morgan fingerprint density at radius 2 is 1.81 bits per heavy atom. The number of H-pyrrole nitrogens is 1. The van der Waals surface area contributed by atoms with E-state index in [9.17, 15) is 9.59 Å². The van der Waals surface area contributed by atoms with E-state index >= 15 is 0 Å². The number of nitrogens with two attached hydrogens (primary N) is 1. The molecule has 6 heteroatoms. The Hall–Kier alpha value is -2.34. The van der Waals surface area contributed by atoms with E-state index in [1.165, 1.54) is 4.68 Å². The largest absolute Gasteiger partial charge is 0.398 e. The van der Waals surface area contributed by atoms with Crippen molar-refractivity contribution in [2.24, 2.45) is 0 Å². The zero-order chi connectivity index (χ0) is 15.0. The summed E-state index contributed by atoms with van der Waals surface area (Å²) in [6, 6.07) is 12.2. The summed E-state index contributed by atoms with van der Waals surface area (Å²) in [5.74, 6) is 0. The van der Waals surface area contributed by atoms with Gasteiger partial charge in [-0.2, -0.15) is 0 Å². The van der Waals surface area contributed by atoms with E-state index in [-0.39, 0.29) is 17.7 Å². The van der Waals surface area contributed by atoms with Crippen molar-refractivity contribution >= 4 is 32.4 Å². The standard InChI is InChI=1S/C15H12BrN3O2/c16-12-6-5-9(7-13(12)17)8-19-15(21)11-4-2-1-3-10(11)14(20)18-19/h1-7H,8,17H2,(H,18,20). The summed E-state index contributed by atoms with van der Waals surface area (Å²) in [6.45, 7) is 0.260. The first kappa shape index (κ1) is 13.6. The van der Waals surface area contributed by atoms with Crippen LogP contribution in [0.5, 0.6) is 0 Å². The average molecular weight is 346 g/mol. The summed E-state index contributed by atoms with van der Waals surface area (Å²) in [6.07, 6.45) is 0. The van der Waals surface area contributed by atoms with Crippen molar-refractivity contribution in [2.45, 2.75) is 6.54 Å². The van der Waals surface area contributed by atoms with Crippen molar-refractivity contribution in [1.29, 1.82) is 0 Å². The van der Waals surface area contributed by atoms with Crippen LogP contribution in [0.1, 0.15) is 5.56 Å². The smallest absolute Gasteiger partial charge is 0.273 e. The van der Waals surface area contributed by atoms with Crippen LogP contribution in [0.3, 0.4) is 0 Å². The van der Waals surface area contributed by atoms with Gasteiger partial charge in [0, 0.05) is 10.2 Å². The Labute approximate surface area is 128 Å². The van der Waals surface area contributed by atoms with E-state index in [2.05, 4.69) is 21.0 Å². The van der Waals surface area contributed by atoms with Gasteiger partial charge in [-0.05, 0) is 45.8 Å². The average Bonchev–Trinajstić information content (AvgIpc) is 2.48. The van der Waals surface area contributed by atoms with Crippen molar-refractivity contribution in [1.82, 2.24) is 9.78 Å². The van der Waals surface area contributed by atoms with Gasteiger partial charge in [0.1, 0.15) is 0 Å². The van der Waals surface area contributed by atoms with Gasteiger partial charge >= 0.3 is 0 Å². The number of nitrogens with zero attached hydrogens (tertiary/aromatic N) is 1. The molecule has 0 unspecified atom stereocenters. The topological polar surface area (TPSA) is 80.9 Å². The molecule has 0 radical (unpaired) electrons. The van der Waals surface area contributed by atoms with Gasteiger partial charge in [0.15, 0.2) is 0 Å². The molecule has 3 N–H and O–H groups in total. The maximum absolute atomic E-state index is 12.4. The van der Waals surface area contributed by atoms with Crippen LogP contribution < -0.4 is 16.9 Å². The van der Waals surface area contributed by atoms with E-state index in [1.807, 2.05) is 12.1 Å². The van der Waals surface area contributed by atoms with Gasteiger partial charge in [-0.3, -0.25) is 14.7 Å². The molecule has 0 bridgehead atoms. The Balaban J connectivity index is 2.13. The molecule has 5 nitrogen and oxygen atoms in total. The van der Waals surface area contributed by atoms with Crippen LogP contribution in [0.15, 0.2) is 56.5 Å². The van der Waals surface area contributed by atoms with Gasteiger partial charge < -0.3 is 5.73 Å². The highest BCUT2D eigenvalue weighted by atomic mass is 79.9. The molecule has 3 rings (SSSR count). The summed E-state index contributed by atoms with van der Waals surface area (Å²) in [5, 5.41) is 3.40. The minimum Gasteiger partial charge on any atom is -0.398 e. The minimum atomic E-state index is -0.282. The molecule has 0 atom stereocenters. The molecule has 2 aromatic carbocycles. The first-order valence-electron chi connectivity index (χ1n) is 6.32. The van der Waals surface area contributed by atoms with Crippen molar-refractivity contribution in [3.8, 4) is 0 Å². The van der Waals surface area contributed by atoms with E-state index in [1.54, 1.807) is 30.3 Å². The number of anilines is 1. The molecular formula is C15H12BrN3O2. The molecule has 1 aromatic heterocycles. The first-order valence-corrected chi connectivity index (χ1v) is 7.11. The monoisotopic (exact) mass is 345 g/mol. The van der Waals surface area contributed by atoms with Gasteiger partial charge in [-0.25, -0.2) is 4.68 Å². The van der Waals surface area contributed by atoms with Crippen molar-refractivity contribution in [2.75, 3.05) is 5.73 Å². The molecule has 21 heavy (non-hydrogen) atoms. The zero-order valence-corrected chi connectivity index (χ0v) is 12.6. The third kappa shape index (κ3) is 2.50. The Bertz CT molecular complexity index is 944. The molecule has 106 valence electrons. The number of benzene rings is 2. The fourth-order valence-corrected chi connectivity index (χ4v) is 2.48. The molecule has 0 fully saturated rings. The maximum Gasteiger partial charge on any atom is 0.273 e. The van der Waals surface area contributed by atoms with Gasteiger partial charge in [0.2, 0.25) is 0 Å². The third-order valence-electron chi connectivity index (χ3n) is 3.28. The molecule has 1 heterocycles. The number of nitrogen functional groups attached to an aromatic ring is 1. The third-order valence-corrected chi connectivity index (χ3v) is 4.01. The molecule has 0 aliphatic carbocycles. The summed E-state index contributed by atoms with van der Waals surface area (Å²) in [5.41, 5.74) is 6.74.